The van der Waals surface area contributed by atoms with E-state index in [2.05, 4.69) is 80.7 Å². The molecule has 4 amide bonds. The van der Waals surface area contributed by atoms with E-state index in [1.165, 1.54) is 39.1 Å². The number of aryl methyl sites for hydroxylation is 4. The van der Waals surface area contributed by atoms with Gasteiger partial charge >= 0.3 is 0 Å². The number of aromatic nitrogens is 4. The summed E-state index contributed by atoms with van der Waals surface area (Å²) in [5.41, 5.74) is 11.1. The summed E-state index contributed by atoms with van der Waals surface area (Å²) in [7, 11) is 0. The summed E-state index contributed by atoms with van der Waals surface area (Å²) in [6.45, 7) is 20.7. The topological polar surface area (TPSA) is 191 Å². The van der Waals surface area contributed by atoms with Gasteiger partial charge in [-0.25, -0.2) is 4.98 Å². The number of likely N-dealkylation sites (tertiary alicyclic amines) is 1. The molecule has 1 fully saturated rings. The Bertz CT molecular complexity index is 2920. The molecule has 5 heterocycles. The molecule has 16 nitrogen and oxygen atoms in total. The van der Waals surface area contributed by atoms with Gasteiger partial charge in [-0.1, -0.05) is 76.2 Å². The van der Waals surface area contributed by atoms with Crippen molar-refractivity contribution in [2.45, 2.75) is 120 Å². The minimum absolute atomic E-state index is 0.122. The molecule has 8 rings (SSSR count). The highest BCUT2D eigenvalue weighted by Crippen LogP contribution is 2.36. The van der Waals surface area contributed by atoms with Crippen LogP contribution in [0, 0.1) is 33.1 Å². The summed E-state index contributed by atoms with van der Waals surface area (Å²) in [5, 5.41) is 18.3. The number of carbonyl (C=O) groups excluding carboxylic acids is 4. The molecule has 18 heteroatoms. The fraction of sp³-hybridized carbons (Fsp3) is 0.439. The summed E-state index contributed by atoms with van der Waals surface area (Å²) >= 11 is 3.40. The Morgan fingerprint density at radius 3 is 2.19 bits per heavy atom. The van der Waals surface area contributed by atoms with E-state index < -0.39 is 17.5 Å². The molecule has 2 unspecified atom stereocenters. The van der Waals surface area contributed by atoms with E-state index in [1.54, 1.807) is 51.8 Å². The zero-order chi connectivity index (χ0) is 53.6. The van der Waals surface area contributed by atoms with Crippen LogP contribution in [0.2, 0.25) is 0 Å². The van der Waals surface area contributed by atoms with Gasteiger partial charge in [0.15, 0.2) is 5.82 Å². The number of thiophene rings is 1. The van der Waals surface area contributed by atoms with Gasteiger partial charge in [-0.3, -0.25) is 28.7 Å². The third kappa shape index (κ3) is 14.8. The lowest BCUT2D eigenvalue weighted by molar-refractivity contribution is -0.144. The number of hydrogen-bond donors (Lipinski definition) is 3. The second-order valence-corrected chi connectivity index (χ2v) is 21.9. The predicted octanol–water partition coefficient (Wildman–Crippen LogP) is 9.27. The third-order valence-electron chi connectivity index (χ3n) is 13.1. The molecule has 75 heavy (non-hydrogen) atoms. The molecule has 3 aromatic carbocycles. The number of rotatable bonds is 20. The van der Waals surface area contributed by atoms with E-state index in [1.807, 2.05) is 64.4 Å². The van der Waals surface area contributed by atoms with Crippen LogP contribution in [0.4, 0.5) is 5.69 Å². The predicted molar refractivity (Wildman–Crippen MR) is 296 cm³/mol. The minimum atomic E-state index is -0.814. The van der Waals surface area contributed by atoms with Gasteiger partial charge in [-0.05, 0) is 105 Å². The lowest BCUT2D eigenvalue weighted by atomic mass is 9.85. The van der Waals surface area contributed by atoms with Crippen LogP contribution in [0.3, 0.4) is 0 Å². The number of carbonyl (C=O) groups is 4. The van der Waals surface area contributed by atoms with Gasteiger partial charge in [-0.2, -0.15) is 0 Å². The number of ether oxygens (including phenoxy) is 3. The monoisotopic (exact) mass is 1060 g/mol. The number of benzene rings is 3. The minimum Gasteiger partial charge on any atom is -0.494 e. The van der Waals surface area contributed by atoms with E-state index in [0.29, 0.717) is 77.5 Å². The van der Waals surface area contributed by atoms with E-state index in [9.17, 15) is 19.2 Å². The summed E-state index contributed by atoms with van der Waals surface area (Å²) in [6.07, 6.45) is 3.65. The highest BCUT2D eigenvalue weighted by Gasteiger charge is 2.42. The van der Waals surface area contributed by atoms with Crippen molar-refractivity contribution in [1.29, 1.82) is 0 Å². The van der Waals surface area contributed by atoms with Crippen molar-refractivity contribution in [3.8, 4) is 21.2 Å². The van der Waals surface area contributed by atoms with Gasteiger partial charge in [0.05, 0.1) is 28.4 Å². The van der Waals surface area contributed by atoms with Crippen LogP contribution >= 0.6 is 22.7 Å². The van der Waals surface area contributed by atoms with Gasteiger partial charge in [0.2, 0.25) is 23.6 Å². The van der Waals surface area contributed by atoms with E-state index in [4.69, 9.17) is 19.2 Å². The van der Waals surface area contributed by atoms with Gasteiger partial charge in [-0.15, -0.1) is 32.9 Å². The van der Waals surface area contributed by atoms with Crippen molar-refractivity contribution < 1.29 is 33.4 Å². The molecular weight excluding hydrogens is 987 g/mol. The second kappa shape index (κ2) is 26.2. The number of fused-ring (bicyclic) bond motifs is 3. The van der Waals surface area contributed by atoms with Gasteiger partial charge in [0.25, 0.3) is 0 Å². The fourth-order valence-corrected chi connectivity index (χ4v) is 10.9. The Hall–Kier alpha value is -6.60. The van der Waals surface area contributed by atoms with Crippen LogP contribution in [0.1, 0.15) is 110 Å². The van der Waals surface area contributed by atoms with E-state index in [-0.39, 0.29) is 30.2 Å². The van der Waals surface area contributed by atoms with Crippen LogP contribution in [0.15, 0.2) is 83.3 Å². The van der Waals surface area contributed by atoms with Crippen LogP contribution in [0.5, 0.6) is 5.75 Å². The maximum atomic E-state index is 13.8. The molecule has 3 aromatic heterocycles. The normalized spacial score (nSPS) is 14.4. The van der Waals surface area contributed by atoms with Gasteiger partial charge < -0.3 is 35.1 Å². The molecule has 0 radical (unpaired) electrons. The number of hydrogen-bond acceptors (Lipinski definition) is 13. The van der Waals surface area contributed by atoms with E-state index >= 15 is 0 Å². The molecule has 2 aliphatic rings. The molecule has 0 aliphatic carbocycles. The molecule has 398 valence electrons. The molecule has 2 atom stereocenters. The molecule has 2 aliphatic heterocycles. The molecule has 1 saturated heterocycles. The zero-order valence-electron chi connectivity index (χ0n) is 44.7. The Balaban J connectivity index is 0.000000281. The van der Waals surface area contributed by atoms with Crippen LogP contribution in [-0.4, -0.2) is 106 Å². The highest BCUT2D eigenvalue weighted by atomic mass is 32.1. The van der Waals surface area contributed by atoms with Crippen molar-refractivity contribution in [1.82, 2.24) is 35.3 Å². The van der Waals surface area contributed by atoms with Crippen molar-refractivity contribution in [2.24, 2.45) is 10.4 Å². The average Bonchev–Trinajstić information content (AvgIpc) is 4.19. The molecule has 0 saturated carbocycles. The molecule has 6 aromatic rings. The molecule has 3 N–H and O–H groups in total. The number of anilines is 1. The first-order chi connectivity index (χ1) is 36.0. The van der Waals surface area contributed by atoms with Crippen molar-refractivity contribution >= 4 is 57.7 Å². The van der Waals surface area contributed by atoms with Gasteiger partial charge in [0, 0.05) is 67.9 Å². The number of nitrogens with one attached hydrogen (secondary N) is 3. The standard InChI is InChI=1S/C38H51N5O7S.C19H20N4S/c1-26-34(51-25-40-26)29-12-10-28(11-13-29)23-39-36(46)32-9-6-18-43(32)37(47)35(38(3,4)5)42-33(45)24-49-21-7-19-48-20-8-22-50-31-16-14-30(15-17-31)41-27(2)44;1-5-14-6-8-15(9-7-14)18-17-11(2)12(3)24-19(17)23-13(4)21-22-16(23)10-20-18/h10-17,25,32,35H,6-9,18-24H2,1-5H3,(H,39,46)(H,41,44)(H,42,45);6-9H,5,10H2,1-4H3. The van der Waals surface area contributed by atoms with Crippen LogP contribution in [0.25, 0.3) is 15.4 Å². The first kappa shape index (κ1) is 56.1. The molecular formula is C57H71N9O7S2. The smallest absolute Gasteiger partial charge is 0.246 e. The summed E-state index contributed by atoms with van der Waals surface area (Å²) in [4.78, 5) is 64.3. The van der Waals surface area contributed by atoms with Crippen molar-refractivity contribution in [3.05, 3.63) is 128 Å². The average molecular weight is 1060 g/mol. The maximum absolute atomic E-state index is 13.8. The summed E-state index contributed by atoms with van der Waals surface area (Å²) in [6, 6.07) is 22.6. The lowest BCUT2D eigenvalue weighted by Crippen LogP contribution is -2.58. The highest BCUT2D eigenvalue weighted by molar-refractivity contribution is 7.15. The third-order valence-corrected chi connectivity index (χ3v) is 15.3. The van der Waals surface area contributed by atoms with Crippen molar-refractivity contribution in [3.63, 3.8) is 0 Å². The Labute approximate surface area is 448 Å². The first-order valence-corrected chi connectivity index (χ1v) is 27.4. The quantitative estimate of drug-likeness (QED) is 0.0621. The van der Waals surface area contributed by atoms with Crippen LogP contribution < -0.4 is 20.7 Å². The SMILES string of the molecule is CC(=O)Nc1ccc(OCCCOCCCOCC(=O)NC(C(=O)N2CCCC2C(=O)NCc2ccc(-c3scnc3C)cc2)C(C)(C)C)cc1.CCc1ccc(C2=NCc3nnc(C)n3-c3sc(C)c(C)c32)cc1. The van der Waals surface area contributed by atoms with Gasteiger partial charge in [0.1, 0.15) is 41.8 Å². The maximum Gasteiger partial charge on any atom is 0.246 e. The van der Waals surface area contributed by atoms with Crippen LogP contribution in [-0.2, 0) is 48.2 Å². The lowest BCUT2D eigenvalue weighted by Gasteiger charge is -2.35. The Morgan fingerprint density at radius 2 is 1.52 bits per heavy atom. The van der Waals surface area contributed by atoms with E-state index in [0.717, 1.165) is 51.2 Å². The number of amides is 4. The van der Waals surface area contributed by atoms with Crippen molar-refractivity contribution in [2.75, 3.05) is 44.9 Å². The second-order valence-electron chi connectivity index (χ2n) is 19.8. The number of aliphatic imine (C=N–C) groups is 1. The Morgan fingerprint density at radius 1 is 0.840 bits per heavy atom. The summed E-state index contributed by atoms with van der Waals surface area (Å²) in [5.74, 6) is 1.58. The molecule has 0 bridgehead atoms. The fourth-order valence-electron chi connectivity index (χ4n) is 8.88. The number of nitrogens with zero attached hydrogens (tertiary/aromatic N) is 6. The zero-order valence-corrected chi connectivity index (χ0v) is 46.3. The first-order valence-electron chi connectivity index (χ1n) is 25.7. The Kier molecular flexibility index (Phi) is 19.6. The number of thiazole rings is 1. The largest absolute Gasteiger partial charge is 0.494 e. The molecule has 0 spiro atoms. The summed E-state index contributed by atoms with van der Waals surface area (Å²) < 4.78 is 19.1.